The third-order valence-electron chi connectivity index (χ3n) is 3.29. The molecule has 116 valence electrons. The summed E-state index contributed by atoms with van der Waals surface area (Å²) in [6.45, 7) is 0.871. The minimum Gasteiger partial charge on any atom is -0.391 e. The number of nitrogens with zero attached hydrogens (tertiary/aromatic N) is 4. The summed E-state index contributed by atoms with van der Waals surface area (Å²) in [4.78, 5) is 17.7. The maximum atomic E-state index is 12.0. The number of likely N-dealkylation sites (tertiary alicyclic amines) is 1. The summed E-state index contributed by atoms with van der Waals surface area (Å²) in [5.74, 6) is 0.420. The largest absolute Gasteiger partial charge is 0.391 e. The zero-order valence-corrected chi connectivity index (χ0v) is 12.9. The molecule has 9 heteroatoms. The molecule has 1 atom stereocenters. The second kappa shape index (κ2) is 6.12. The van der Waals surface area contributed by atoms with Crippen LogP contribution in [0, 0.1) is 0 Å². The number of urea groups is 1. The molecule has 7 nitrogen and oxygen atoms in total. The van der Waals surface area contributed by atoms with Gasteiger partial charge in [0, 0.05) is 19.3 Å². The molecule has 2 N–H and O–H groups in total. The van der Waals surface area contributed by atoms with E-state index in [1.165, 1.54) is 17.1 Å². The molecule has 2 amide bonds. The van der Waals surface area contributed by atoms with Gasteiger partial charge < -0.3 is 15.3 Å². The second-order valence-corrected chi connectivity index (χ2v) is 5.79. The molecule has 0 aromatic carbocycles. The number of carbonyl (C=O) groups excluding carboxylic acids is 1. The van der Waals surface area contributed by atoms with Crippen LogP contribution in [0.1, 0.15) is 6.42 Å². The molecule has 2 aromatic rings. The first-order chi connectivity index (χ1) is 10.5. The highest BCUT2D eigenvalue weighted by molar-refractivity contribution is 6.35. The zero-order chi connectivity index (χ0) is 15.7. The molecule has 1 saturated heterocycles. The van der Waals surface area contributed by atoms with Gasteiger partial charge in [-0.1, -0.05) is 23.2 Å². The number of hydrogen-bond donors (Lipinski definition) is 2. The van der Waals surface area contributed by atoms with E-state index in [2.05, 4.69) is 15.4 Å². The Hall–Kier alpha value is -1.83. The van der Waals surface area contributed by atoms with Gasteiger partial charge in [-0.15, -0.1) is 0 Å². The van der Waals surface area contributed by atoms with Crippen molar-refractivity contribution in [2.45, 2.75) is 12.5 Å². The molecule has 0 radical (unpaired) electrons. The molecule has 3 heterocycles. The summed E-state index contributed by atoms with van der Waals surface area (Å²) in [5.41, 5.74) is 0.513. The monoisotopic (exact) mass is 341 g/mol. The van der Waals surface area contributed by atoms with Crippen molar-refractivity contribution < 1.29 is 9.90 Å². The Morgan fingerprint density at radius 1 is 1.41 bits per heavy atom. The van der Waals surface area contributed by atoms with Gasteiger partial charge in [-0.05, 0) is 12.5 Å². The number of aliphatic hydroxyl groups excluding tert-OH is 1. The van der Waals surface area contributed by atoms with Crippen molar-refractivity contribution in [2.75, 3.05) is 18.4 Å². The van der Waals surface area contributed by atoms with Crippen LogP contribution in [-0.2, 0) is 0 Å². The van der Waals surface area contributed by atoms with Crippen molar-refractivity contribution in [3.63, 3.8) is 0 Å². The maximum absolute atomic E-state index is 12.0. The van der Waals surface area contributed by atoms with E-state index >= 15 is 0 Å². The van der Waals surface area contributed by atoms with Gasteiger partial charge in [0.1, 0.15) is 0 Å². The summed E-state index contributed by atoms with van der Waals surface area (Å²) < 4.78 is 1.45. The second-order valence-electron chi connectivity index (χ2n) is 4.95. The number of amides is 2. The Labute approximate surface area is 136 Å². The third-order valence-corrected chi connectivity index (χ3v) is 3.77. The summed E-state index contributed by atoms with van der Waals surface area (Å²) in [6.07, 6.45) is 4.71. The Morgan fingerprint density at radius 2 is 2.23 bits per heavy atom. The molecule has 2 aromatic heterocycles. The minimum atomic E-state index is -0.453. The third kappa shape index (κ3) is 3.16. The lowest BCUT2D eigenvalue weighted by Gasteiger charge is -2.15. The number of aliphatic hydroxyl groups is 1. The Kier molecular flexibility index (Phi) is 4.19. The average Bonchev–Trinajstić information content (AvgIpc) is 3.08. The first kappa shape index (κ1) is 15.1. The van der Waals surface area contributed by atoms with E-state index in [9.17, 15) is 9.90 Å². The highest BCUT2D eigenvalue weighted by atomic mass is 35.5. The number of β-amino-alcohol motifs (C(OH)–C–C–N with tert-alkyl or cyclic N) is 1. The molecule has 0 spiro atoms. The van der Waals surface area contributed by atoms with Crippen LogP contribution >= 0.6 is 23.2 Å². The minimum absolute atomic E-state index is 0.272. The average molecular weight is 342 g/mol. The van der Waals surface area contributed by atoms with Crippen LogP contribution in [0.15, 0.2) is 24.7 Å². The smallest absolute Gasteiger partial charge is 0.322 e. The summed E-state index contributed by atoms with van der Waals surface area (Å²) >= 11 is 11.9. The van der Waals surface area contributed by atoms with Crippen molar-refractivity contribution in [1.82, 2.24) is 19.7 Å². The van der Waals surface area contributed by atoms with Crippen LogP contribution in [0.25, 0.3) is 5.82 Å². The van der Waals surface area contributed by atoms with Crippen LogP contribution in [-0.4, -0.2) is 50.0 Å². The predicted octanol–water partition coefficient (Wildman–Crippen LogP) is 2.17. The molecule has 0 aliphatic carbocycles. The maximum Gasteiger partial charge on any atom is 0.322 e. The highest BCUT2D eigenvalue weighted by Gasteiger charge is 2.24. The first-order valence-electron chi connectivity index (χ1n) is 6.63. The van der Waals surface area contributed by atoms with Crippen molar-refractivity contribution >= 4 is 34.9 Å². The van der Waals surface area contributed by atoms with Gasteiger partial charge in [0.2, 0.25) is 0 Å². The van der Waals surface area contributed by atoms with Crippen molar-refractivity contribution in [3.05, 3.63) is 34.7 Å². The molecule has 0 bridgehead atoms. The normalized spacial score (nSPS) is 17.8. The fraction of sp³-hybridized carbons (Fsp3) is 0.308. The lowest BCUT2D eigenvalue weighted by molar-refractivity contribution is 0.176. The van der Waals surface area contributed by atoms with E-state index in [4.69, 9.17) is 23.2 Å². The van der Waals surface area contributed by atoms with Gasteiger partial charge in [0.25, 0.3) is 0 Å². The Balaban J connectivity index is 1.72. The zero-order valence-electron chi connectivity index (χ0n) is 11.4. The van der Waals surface area contributed by atoms with Crippen LogP contribution in [0.2, 0.25) is 10.0 Å². The van der Waals surface area contributed by atoms with E-state index in [1.54, 1.807) is 17.2 Å². The van der Waals surface area contributed by atoms with Crippen LogP contribution in [0.5, 0.6) is 0 Å². The summed E-state index contributed by atoms with van der Waals surface area (Å²) in [6, 6.07) is 1.29. The Morgan fingerprint density at radius 3 is 2.91 bits per heavy atom. The standard InChI is InChI=1S/C13H13Cl2N5O2/c14-8-3-11(15)12(16-4-8)20-6-9(5-17-20)18-13(22)19-2-1-10(21)7-19/h3-6,10,21H,1-2,7H2,(H,18,22)/t10-/m1/s1. The lowest BCUT2D eigenvalue weighted by Crippen LogP contribution is -2.33. The van der Waals surface area contributed by atoms with Crippen LogP contribution < -0.4 is 5.32 Å². The number of rotatable bonds is 2. The number of carbonyl (C=O) groups is 1. The molecular formula is C13H13Cl2N5O2. The Bertz CT molecular complexity index is 705. The lowest BCUT2D eigenvalue weighted by atomic mass is 10.3. The number of anilines is 1. The van der Waals surface area contributed by atoms with E-state index in [-0.39, 0.29) is 6.03 Å². The van der Waals surface area contributed by atoms with Gasteiger partial charge in [0.15, 0.2) is 5.82 Å². The van der Waals surface area contributed by atoms with E-state index in [1.807, 2.05) is 0 Å². The highest BCUT2D eigenvalue weighted by Crippen LogP contribution is 2.22. The number of pyridine rings is 1. The molecule has 0 unspecified atom stereocenters. The van der Waals surface area contributed by atoms with Gasteiger partial charge in [0.05, 0.1) is 34.2 Å². The molecular weight excluding hydrogens is 329 g/mol. The number of halogens is 2. The number of hydrogen-bond acceptors (Lipinski definition) is 4. The number of nitrogens with one attached hydrogen (secondary N) is 1. The SMILES string of the molecule is O=C(Nc1cnn(-c2ncc(Cl)cc2Cl)c1)N1CC[C@@H](O)C1. The van der Waals surface area contributed by atoms with E-state index in [0.717, 1.165) is 0 Å². The molecule has 1 aliphatic rings. The molecule has 1 fully saturated rings. The molecule has 0 saturated carbocycles. The topological polar surface area (TPSA) is 83.3 Å². The fourth-order valence-electron chi connectivity index (χ4n) is 2.21. The van der Waals surface area contributed by atoms with E-state index in [0.29, 0.717) is 41.1 Å². The molecule has 1 aliphatic heterocycles. The predicted molar refractivity (Wildman–Crippen MR) is 82.6 cm³/mol. The van der Waals surface area contributed by atoms with Crippen LogP contribution in [0.4, 0.5) is 10.5 Å². The van der Waals surface area contributed by atoms with Gasteiger partial charge in [-0.3, -0.25) is 0 Å². The van der Waals surface area contributed by atoms with Crippen molar-refractivity contribution in [3.8, 4) is 5.82 Å². The number of aromatic nitrogens is 3. The van der Waals surface area contributed by atoms with Gasteiger partial charge in [-0.25, -0.2) is 14.5 Å². The van der Waals surface area contributed by atoms with E-state index < -0.39 is 6.10 Å². The van der Waals surface area contributed by atoms with Crippen molar-refractivity contribution in [1.29, 1.82) is 0 Å². The molecule has 22 heavy (non-hydrogen) atoms. The first-order valence-corrected chi connectivity index (χ1v) is 7.38. The molecule has 3 rings (SSSR count). The fourth-order valence-corrected chi connectivity index (χ4v) is 2.67. The van der Waals surface area contributed by atoms with Gasteiger partial charge >= 0.3 is 6.03 Å². The quantitative estimate of drug-likeness (QED) is 0.876. The summed E-state index contributed by atoms with van der Waals surface area (Å²) in [5, 5.41) is 17.1. The van der Waals surface area contributed by atoms with Gasteiger partial charge in [-0.2, -0.15) is 5.10 Å². The van der Waals surface area contributed by atoms with Crippen molar-refractivity contribution in [2.24, 2.45) is 0 Å². The summed E-state index contributed by atoms with van der Waals surface area (Å²) in [7, 11) is 0. The van der Waals surface area contributed by atoms with Crippen LogP contribution in [0.3, 0.4) is 0 Å².